The van der Waals surface area contributed by atoms with Gasteiger partial charge in [-0.1, -0.05) is 6.07 Å². The van der Waals surface area contributed by atoms with Crippen molar-refractivity contribution < 1.29 is 34.3 Å². The summed E-state index contributed by atoms with van der Waals surface area (Å²) in [5.41, 5.74) is -0.362. The highest BCUT2D eigenvalue weighted by molar-refractivity contribution is 6.23. The molecule has 11 nitrogen and oxygen atoms in total. The fraction of sp³-hybridized carbons (Fsp3) is 0.111. The quantitative estimate of drug-likeness (QED) is 0.281. The lowest BCUT2D eigenvalue weighted by atomic mass is 10.1. The molecule has 3 N–H and O–H groups in total. The second-order valence-corrected chi connectivity index (χ2v) is 6.15. The second kappa shape index (κ2) is 7.38. The average molecular weight is 399 g/mol. The third kappa shape index (κ3) is 3.88. The number of carbonyl (C=O) groups is 4. The first-order chi connectivity index (χ1) is 13.7. The summed E-state index contributed by atoms with van der Waals surface area (Å²) in [6.45, 7) is -0.692. The Bertz CT molecular complexity index is 1080. The van der Waals surface area contributed by atoms with Crippen molar-refractivity contribution in [3.05, 3.63) is 63.2 Å². The number of imide groups is 1. The highest BCUT2D eigenvalue weighted by Gasteiger charge is 2.37. The van der Waals surface area contributed by atoms with Gasteiger partial charge in [0.1, 0.15) is 12.3 Å². The van der Waals surface area contributed by atoms with Gasteiger partial charge in [0.15, 0.2) is 0 Å². The zero-order chi connectivity index (χ0) is 21.3. The number of nitro benzene ring substituents is 1. The number of phenolic OH excluding ortho intramolecular Hbond substituents is 1. The Morgan fingerprint density at radius 3 is 2.41 bits per heavy atom. The third-order valence-electron chi connectivity index (χ3n) is 4.16. The van der Waals surface area contributed by atoms with E-state index in [1.165, 1.54) is 18.2 Å². The van der Waals surface area contributed by atoms with E-state index in [1.54, 1.807) is 0 Å². The van der Waals surface area contributed by atoms with Crippen molar-refractivity contribution in [3.8, 4) is 5.75 Å². The van der Waals surface area contributed by atoms with Crippen molar-refractivity contribution in [1.29, 1.82) is 0 Å². The number of nitro groups is 1. The number of fused-ring (bicyclic) bond motifs is 1. The summed E-state index contributed by atoms with van der Waals surface area (Å²) in [7, 11) is 0. The molecule has 0 fully saturated rings. The first kappa shape index (κ1) is 19.5. The van der Waals surface area contributed by atoms with Gasteiger partial charge >= 0.3 is 5.97 Å². The first-order valence-electron chi connectivity index (χ1n) is 8.15. The number of nitrogens with one attached hydrogen (secondary N) is 1. The molecular formula is C18H13N3O8. The maximum absolute atomic E-state index is 12.4. The smallest absolute Gasteiger partial charge is 0.307 e. The van der Waals surface area contributed by atoms with Crippen molar-refractivity contribution >= 4 is 35.1 Å². The highest BCUT2D eigenvalue weighted by Crippen LogP contribution is 2.28. The summed E-state index contributed by atoms with van der Waals surface area (Å²) >= 11 is 0. The summed E-state index contributed by atoms with van der Waals surface area (Å²) < 4.78 is 0. The van der Waals surface area contributed by atoms with E-state index in [9.17, 15) is 34.4 Å². The molecule has 0 aromatic heterocycles. The standard InChI is InChI=1S/C18H13N3O8/c22-14-4-1-9(6-16(24)25)5-13(14)19-15(23)8-20-17(26)11-3-2-10(21(28)29)7-12(11)18(20)27/h1-5,7,22H,6,8H2,(H,19,23)(H,24,25). The number of hydrogen-bond acceptors (Lipinski definition) is 7. The minimum atomic E-state index is -1.10. The number of phenols is 1. The zero-order valence-electron chi connectivity index (χ0n) is 14.6. The molecule has 0 radical (unpaired) electrons. The van der Waals surface area contributed by atoms with E-state index in [0.717, 1.165) is 18.2 Å². The maximum atomic E-state index is 12.4. The molecule has 0 aliphatic carbocycles. The van der Waals surface area contributed by atoms with Gasteiger partial charge in [-0.25, -0.2) is 0 Å². The average Bonchev–Trinajstić information content (AvgIpc) is 2.88. The number of non-ortho nitro benzene ring substituents is 1. The number of nitrogens with zero attached hydrogens (tertiary/aromatic N) is 2. The number of anilines is 1. The normalized spacial score (nSPS) is 12.6. The van der Waals surface area contributed by atoms with Gasteiger partial charge in [-0.2, -0.15) is 0 Å². The Morgan fingerprint density at radius 2 is 1.76 bits per heavy atom. The van der Waals surface area contributed by atoms with Crippen LogP contribution in [-0.2, 0) is 16.0 Å². The van der Waals surface area contributed by atoms with Crippen LogP contribution in [0.5, 0.6) is 5.75 Å². The number of carboxylic acid groups (broad SMARTS) is 1. The predicted molar refractivity (Wildman–Crippen MR) is 96.5 cm³/mol. The maximum Gasteiger partial charge on any atom is 0.307 e. The van der Waals surface area contributed by atoms with E-state index in [0.29, 0.717) is 10.5 Å². The lowest BCUT2D eigenvalue weighted by Gasteiger charge is -2.14. The lowest BCUT2D eigenvalue weighted by Crippen LogP contribution is -2.37. The fourth-order valence-corrected chi connectivity index (χ4v) is 2.84. The van der Waals surface area contributed by atoms with Gasteiger partial charge in [-0.05, 0) is 23.8 Å². The van der Waals surface area contributed by atoms with Crippen molar-refractivity contribution in [2.75, 3.05) is 11.9 Å². The topological polar surface area (TPSA) is 167 Å². The number of carbonyl (C=O) groups excluding carboxylic acids is 3. The Morgan fingerprint density at radius 1 is 1.07 bits per heavy atom. The Kier molecular flexibility index (Phi) is 4.96. The molecule has 3 rings (SSSR count). The number of aromatic hydroxyl groups is 1. The molecular weight excluding hydrogens is 386 g/mol. The summed E-state index contributed by atoms with van der Waals surface area (Å²) in [6, 6.07) is 7.03. The summed E-state index contributed by atoms with van der Waals surface area (Å²) in [5.74, 6) is -3.89. The molecule has 11 heteroatoms. The number of benzene rings is 2. The Hall–Kier alpha value is -4.28. The molecule has 2 aromatic rings. The predicted octanol–water partition coefficient (Wildman–Crippen LogP) is 1.16. The molecule has 29 heavy (non-hydrogen) atoms. The minimum absolute atomic E-state index is 0.0558. The molecule has 0 bridgehead atoms. The van der Waals surface area contributed by atoms with Gasteiger partial charge in [-0.3, -0.25) is 34.2 Å². The number of amides is 3. The van der Waals surface area contributed by atoms with Gasteiger partial charge < -0.3 is 15.5 Å². The van der Waals surface area contributed by atoms with Crippen LogP contribution >= 0.6 is 0 Å². The Labute approximate surface area is 162 Å². The van der Waals surface area contributed by atoms with Gasteiger partial charge in [0, 0.05) is 12.1 Å². The SMILES string of the molecule is O=C(O)Cc1ccc(O)c(NC(=O)CN2C(=O)c3ccc([N+](=O)[O-])cc3C2=O)c1. The molecule has 3 amide bonds. The molecule has 1 heterocycles. The molecule has 0 unspecified atom stereocenters. The van der Waals surface area contributed by atoms with Crippen LogP contribution in [0.1, 0.15) is 26.3 Å². The van der Waals surface area contributed by atoms with E-state index < -0.39 is 35.2 Å². The van der Waals surface area contributed by atoms with Gasteiger partial charge in [0.05, 0.1) is 28.2 Å². The number of rotatable bonds is 6. The highest BCUT2D eigenvalue weighted by atomic mass is 16.6. The molecule has 0 atom stereocenters. The van der Waals surface area contributed by atoms with E-state index in [2.05, 4.69) is 5.32 Å². The van der Waals surface area contributed by atoms with Gasteiger partial charge in [0.25, 0.3) is 17.5 Å². The van der Waals surface area contributed by atoms with E-state index in [-0.39, 0.29) is 34.7 Å². The lowest BCUT2D eigenvalue weighted by molar-refractivity contribution is -0.384. The largest absolute Gasteiger partial charge is 0.506 e. The summed E-state index contributed by atoms with van der Waals surface area (Å²) in [4.78, 5) is 58.6. The summed E-state index contributed by atoms with van der Waals surface area (Å²) in [5, 5.41) is 31.8. The van der Waals surface area contributed by atoms with Crippen molar-refractivity contribution in [2.45, 2.75) is 6.42 Å². The number of carboxylic acids is 1. The van der Waals surface area contributed by atoms with Crippen LogP contribution < -0.4 is 5.32 Å². The molecule has 2 aromatic carbocycles. The van der Waals surface area contributed by atoms with Crippen molar-refractivity contribution in [2.24, 2.45) is 0 Å². The molecule has 1 aliphatic rings. The van der Waals surface area contributed by atoms with Crippen LogP contribution in [0, 0.1) is 10.1 Å². The molecule has 0 spiro atoms. The van der Waals surface area contributed by atoms with Crippen LogP contribution in [-0.4, -0.2) is 50.3 Å². The van der Waals surface area contributed by atoms with Crippen molar-refractivity contribution in [3.63, 3.8) is 0 Å². The first-order valence-corrected chi connectivity index (χ1v) is 8.15. The van der Waals surface area contributed by atoms with Crippen LogP contribution in [0.4, 0.5) is 11.4 Å². The van der Waals surface area contributed by atoms with Crippen molar-refractivity contribution in [1.82, 2.24) is 4.90 Å². The minimum Gasteiger partial charge on any atom is -0.506 e. The summed E-state index contributed by atoms with van der Waals surface area (Å²) in [6.07, 6.45) is -0.333. The molecule has 0 saturated heterocycles. The van der Waals surface area contributed by atoms with Crippen LogP contribution in [0.25, 0.3) is 0 Å². The number of hydrogen-bond donors (Lipinski definition) is 3. The van der Waals surface area contributed by atoms with Crippen LogP contribution in [0.15, 0.2) is 36.4 Å². The second-order valence-electron chi connectivity index (χ2n) is 6.15. The van der Waals surface area contributed by atoms with E-state index >= 15 is 0 Å². The molecule has 0 saturated carbocycles. The number of aliphatic carboxylic acids is 1. The monoisotopic (exact) mass is 399 g/mol. The van der Waals surface area contributed by atoms with Crippen LogP contribution in [0.3, 0.4) is 0 Å². The van der Waals surface area contributed by atoms with E-state index in [1.807, 2.05) is 0 Å². The van der Waals surface area contributed by atoms with Crippen LogP contribution in [0.2, 0.25) is 0 Å². The zero-order valence-corrected chi connectivity index (χ0v) is 14.6. The fourth-order valence-electron chi connectivity index (χ4n) is 2.84. The molecule has 148 valence electrons. The third-order valence-corrected chi connectivity index (χ3v) is 4.16. The van der Waals surface area contributed by atoms with Gasteiger partial charge in [0.2, 0.25) is 5.91 Å². The van der Waals surface area contributed by atoms with Gasteiger partial charge in [-0.15, -0.1) is 0 Å². The molecule has 1 aliphatic heterocycles. The Balaban J connectivity index is 1.76. The van der Waals surface area contributed by atoms with E-state index in [4.69, 9.17) is 5.11 Å².